The van der Waals surface area contributed by atoms with E-state index in [0.717, 1.165) is 50.7 Å². The zero-order chi connectivity index (χ0) is 14.5. The van der Waals surface area contributed by atoms with Crippen molar-refractivity contribution in [1.29, 1.82) is 0 Å². The van der Waals surface area contributed by atoms with Crippen molar-refractivity contribution >= 4 is 42.5 Å². The number of piperidine rings is 1. The highest BCUT2D eigenvalue weighted by atomic mass is 35.5. The zero-order valence-electron chi connectivity index (χ0n) is 13.4. The summed E-state index contributed by atoms with van der Waals surface area (Å²) >= 11 is 1.79. The van der Waals surface area contributed by atoms with E-state index in [2.05, 4.69) is 10.2 Å². The third-order valence-corrected chi connectivity index (χ3v) is 5.09. The molecule has 0 aromatic carbocycles. The fraction of sp³-hybridized carbons (Fsp3) is 0.929. The summed E-state index contributed by atoms with van der Waals surface area (Å²) in [6, 6.07) is 0.0142. The first-order valence-electron chi connectivity index (χ1n) is 7.52. The molecule has 22 heavy (non-hydrogen) atoms. The summed E-state index contributed by atoms with van der Waals surface area (Å²) in [5, 5.41) is 12.6. The van der Waals surface area contributed by atoms with E-state index in [1.54, 1.807) is 11.8 Å². The minimum atomic E-state index is -0.248. The van der Waals surface area contributed by atoms with Crippen LogP contribution in [0, 0.1) is 5.92 Å². The molecule has 2 rings (SSSR count). The predicted molar refractivity (Wildman–Crippen MR) is 97.2 cm³/mol. The Balaban J connectivity index is 0.00000220. The van der Waals surface area contributed by atoms with Gasteiger partial charge in [-0.2, -0.15) is 0 Å². The van der Waals surface area contributed by atoms with Crippen molar-refractivity contribution in [3.8, 4) is 0 Å². The van der Waals surface area contributed by atoms with Crippen LogP contribution in [0.4, 0.5) is 0 Å². The summed E-state index contributed by atoms with van der Waals surface area (Å²) in [5.74, 6) is 2.63. The van der Waals surface area contributed by atoms with E-state index >= 15 is 0 Å². The average molecular weight is 374 g/mol. The number of hydrogen-bond donors (Lipinski definition) is 2. The van der Waals surface area contributed by atoms with Crippen LogP contribution >= 0.6 is 36.6 Å². The molecule has 2 heterocycles. The molecule has 0 aromatic heterocycles. The van der Waals surface area contributed by atoms with E-state index in [0.29, 0.717) is 5.92 Å². The Morgan fingerprint density at radius 2 is 2.05 bits per heavy atom. The number of amides is 1. The predicted octanol–water partition coefficient (Wildman–Crippen LogP) is 1.04. The Kier molecular flexibility index (Phi) is 11.1. The molecule has 2 saturated heterocycles. The number of aliphatic hydroxyl groups is 1. The Morgan fingerprint density at radius 3 is 2.55 bits per heavy atom. The SMILES string of the molecule is CC(O)CN1CCC(CN(C)C(=O)[C@H]2CSCN2)CC1.Cl.Cl. The van der Waals surface area contributed by atoms with E-state index in [-0.39, 0.29) is 42.9 Å². The summed E-state index contributed by atoms with van der Waals surface area (Å²) in [6.07, 6.45) is 2.00. The number of aliphatic hydroxyl groups excluding tert-OH is 1. The van der Waals surface area contributed by atoms with Crippen molar-refractivity contribution in [1.82, 2.24) is 15.1 Å². The molecule has 2 aliphatic rings. The first-order chi connectivity index (χ1) is 9.56. The van der Waals surface area contributed by atoms with E-state index in [1.165, 1.54) is 0 Å². The monoisotopic (exact) mass is 373 g/mol. The van der Waals surface area contributed by atoms with Gasteiger partial charge in [-0.15, -0.1) is 36.6 Å². The highest BCUT2D eigenvalue weighted by Crippen LogP contribution is 2.19. The topological polar surface area (TPSA) is 55.8 Å². The summed E-state index contributed by atoms with van der Waals surface area (Å²) in [7, 11) is 1.93. The van der Waals surface area contributed by atoms with Crippen LogP contribution in [0.25, 0.3) is 0 Å². The maximum absolute atomic E-state index is 12.2. The normalized spacial score (nSPS) is 24.2. The van der Waals surface area contributed by atoms with Gasteiger partial charge in [0.15, 0.2) is 0 Å². The average Bonchev–Trinajstić information content (AvgIpc) is 2.93. The Morgan fingerprint density at radius 1 is 1.41 bits per heavy atom. The zero-order valence-corrected chi connectivity index (χ0v) is 15.8. The van der Waals surface area contributed by atoms with Gasteiger partial charge in [0.05, 0.1) is 12.1 Å². The Hall–Kier alpha value is 0.280. The van der Waals surface area contributed by atoms with Crippen LogP contribution in [0.5, 0.6) is 0 Å². The summed E-state index contributed by atoms with van der Waals surface area (Å²) < 4.78 is 0. The molecule has 0 aromatic rings. The molecule has 2 N–H and O–H groups in total. The van der Waals surface area contributed by atoms with Crippen LogP contribution in [0.3, 0.4) is 0 Å². The van der Waals surface area contributed by atoms with Crippen molar-refractivity contribution in [2.24, 2.45) is 5.92 Å². The quantitative estimate of drug-likeness (QED) is 0.753. The lowest BCUT2D eigenvalue weighted by molar-refractivity contribution is -0.132. The van der Waals surface area contributed by atoms with Crippen LogP contribution in [0.2, 0.25) is 0 Å². The third-order valence-electron chi connectivity index (χ3n) is 4.15. The van der Waals surface area contributed by atoms with Gasteiger partial charge in [-0.25, -0.2) is 0 Å². The molecule has 0 radical (unpaired) electrons. The number of carbonyl (C=O) groups excluding carboxylic acids is 1. The van der Waals surface area contributed by atoms with Crippen molar-refractivity contribution in [2.45, 2.75) is 31.9 Å². The van der Waals surface area contributed by atoms with Crippen molar-refractivity contribution in [3.63, 3.8) is 0 Å². The van der Waals surface area contributed by atoms with Gasteiger partial charge in [-0.3, -0.25) is 10.1 Å². The van der Waals surface area contributed by atoms with Gasteiger partial charge in [-0.05, 0) is 38.8 Å². The lowest BCUT2D eigenvalue weighted by Crippen LogP contribution is -2.46. The van der Waals surface area contributed by atoms with E-state index in [4.69, 9.17) is 0 Å². The lowest BCUT2D eigenvalue weighted by Gasteiger charge is -2.34. The van der Waals surface area contributed by atoms with Crippen LogP contribution in [-0.2, 0) is 4.79 Å². The molecule has 132 valence electrons. The summed E-state index contributed by atoms with van der Waals surface area (Å²) in [4.78, 5) is 16.5. The molecule has 1 amide bonds. The molecule has 1 unspecified atom stereocenters. The smallest absolute Gasteiger partial charge is 0.240 e. The van der Waals surface area contributed by atoms with Crippen molar-refractivity contribution in [2.75, 3.05) is 44.9 Å². The molecular formula is C14H29Cl2N3O2S. The highest BCUT2D eigenvalue weighted by Gasteiger charge is 2.28. The van der Waals surface area contributed by atoms with Gasteiger partial charge in [0.2, 0.25) is 5.91 Å². The molecule has 2 fully saturated rings. The molecule has 0 aliphatic carbocycles. The number of rotatable bonds is 5. The molecular weight excluding hydrogens is 345 g/mol. The van der Waals surface area contributed by atoms with E-state index in [9.17, 15) is 9.90 Å². The highest BCUT2D eigenvalue weighted by molar-refractivity contribution is 7.99. The summed E-state index contributed by atoms with van der Waals surface area (Å²) in [5.41, 5.74) is 0. The largest absolute Gasteiger partial charge is 0.392 e. The molecule has 5 nitrogen and oxygen atoms in total. The van der Waals surface area contributed by atoms with Crippen molar-refractivity contribution in [3.05, 3.63) is 0 Å². The van der Waals surface area contributed by atoms with Crippen LogP contribution < -0.4 is 5.32 Å². The maximum Gasteiger partial charge on any atom is 0.240 e. The molecule has 0 spiro atoms. The number of carbonyl (C=O) groups is 1. The van der Waals surface area contributed by atoms with Crippen LogP contribution in [0.1, 0.15) is 19.8 Å². The lowest BCUT2D eigenvalue weighted by atomic mass is 9.96. The number of β-amino-alcohol motifs (C(OH)–C–C–N with tert-alkyl or cyclic N) is 1. The number of likely N-dealkylation sites (N-methyl/N-ethyl adjacent to an activating group) is 1. The Labute approximate surface area is 150 Å². The third kappa shape index (κ3) is 6.81. The van der Waals surface area contributed by atoms with Gasteiger partial charge < -0.3 is 14.9 Å². The molecule has 2 aliphatic heterocycles. The molecule has 0 saturated carbocycles. The van der Waals surface area contributed by atoms with Gasteiger partial charge in [0.1, 0.15) is 0 Å². The van der Waals surface area contributed by atoms with E-state index < -0.39 is 0 Å². The second-order valence-electron chi connectivity index (χ2n) is 6.08. The van der Waals surface area contributed by atoms with Gasteiger partial charge >= 0.3 is 0 Å². The maximum atomic E-state index is 12.2. The van der Waals surface area contributed by atoms with Gasteiger partial charge in [0.25, 0.3) is 0 Å². The molecule has 8 heteroatoms. The number of thioether (sulfide) groups is 1. The first-order valence-corrected chi connectivity index (χ1v) is 8.68. The number of halogens is 2. The van der Waals surface area contributed by atoms with Crippen LogP contribution in [0.15, 0.2) is 0 Å². The second kappa shape index (κ2) is 10.9. The second-order valence-corrected chi connectivity index (χ2v) is 7.11. The molecule has 2 atom stereocenters. The van der Waals surface area contributed by atoms with Gasteiger partial charge in [-0.1, -0.05) is 0 Å². The van der Waals surface area contributed by atoms with Gasteiger partial charge in [0, 0.05) is 31.8 Å². The van der Waals surface area contributed by atoms with Crippen LogP contribution in [-0.4, -0.2) is 77.8 Å². The number of likely N-dealkylation sites (tertiary alicyclic amines) is 1. The Bertz CT molecular complexity index is 323. The number of hydrogen-bond acceptors (Lipinski definition) is 5. The minimum absolute atomic E-state index is 0. The number of nitrogens with zero attached hydrogens (tertiary/aromatic N) is 2. The molecule has 0 bridgehead atoms. The van der Waals surface area contributed by atoms with E-state index in [1.807, 2.05) is 18.9 Å². The fourth-order valence-electron chi connectivity index (χ4n) is 3.02. The standard InChI is InChI=1S/C14H27N3O2S.2ClH/c1-11(18)7-17-5-3-12(4-6-17)8-16(2)14(19)13-9-20-10-15-13;;/h11-13,15,18H,3-10H2,1-2H3;2*1H/t11?,13-;;/m1../s1. The number of nitrogens with one attached hydrogen (secondary N) is 1. The minimum Gasteiger partial charge on any atom is -0.392 e. The summed E-state index contributed by atoms with van der Waals surface area (Å²) in [6.45, 7) is 5.55. The first kappa shape index (κ1) is 22.3. The fourth-order valence-corrected chi connectivity index (χ4v) is 3.96. The van der Waals surface area contributed by atoms with Crippen molar-refractivity contribution < 1.29 is 9.90 Å².